The van der Waals surface area contributed by atoms with Gasteiger partial charge in [0.15, 0.2) is 23.0 Å². The molecule has 34 heavy (non-hydrogen) atoms. The van der Waals surface area contributed by atoms with Crippen LogP contribution in [0.4, 0.5) is 0 Å². The maximum Gasteiger partial charge on any atom is 0.161 e. The van der Waals surface area contributed by atoms with Crippen LogP contribution in [0.5, 0.6) is 23.0 Å². The predicted molar refractivity (Wildman–Crippen MR) is 134 cm³/mol. The lowest BCUT2D eigenvalue weighted by molar-refractivity contribution is 0.0703. The number of rotatable bonds is 1. The van der Waals surface area contributed by atoms with Gasteiger partial charge in [-0.25, -0.2) is 0 Å². The first kappa shape index (κ1) is 26.2. The normalized spacial score (nSPS) is 18.4. The Labute approximate surface area is 204 Å². The molecule has 2 aromatic rings. The molecule has 0 amide bonds. The molecule has 0 radical (unpaired) electrons. The lowest BCUT2D eigenvalue weighted by Crippen LogP contribution is -2.24. The molecule has 1 aliphatic rings. The monoisotopic (exact) mass is 472 g/mol. The summed E-state index contributed by atoms with van der Waals surface area (Å²) in [6.45, 7) is 15.2. The van der Waals surface area contributed by atoms with E-state index in [1.165, 1.54) is 0 Å². The third-order valence-electron chi connectivity index (χ3n) is 5.80. The summed E-state index contributed by atoms with van der Waals surface area (Å²) in [7, 11) is 0. The second-order valence-electron chi connectivity index (χ2n) is 10.8. The number of ether oxygens (including phenoxy) is 5. The Kier molecular flexibility index (Phi) is 8.72. The average Bonchev–Trinajstić information content (AvgIpc) is 2.77. The highest BCUT2D eigenvalue weighted by Gasteiger charge is 2.20. The van der Waals surface area contributed by atoms with E-state index in [2.05, 4.69) is 53.7 Å². The Hall–Kier alpha value is -2.44. The fourth-order valence-corrected chi connectivity index (χ4v) is 3.51. The summed E-state index contributed by atoms with van der Waals surface area (Å²) < 4.78 is 29.9. The van der Waals surface area contributed by atoms with Crippen LogP contribution in [0.2, 0.25) is 0 Å². The number of hydrogen-bond donors (Lipinski definition) is 1. The molecule has 0 spiro atoms. The summed E-state index contributed by atoms with van der Waals surface area (Å²) in [6.07, 6.45) is 0. The first-order valence-electron chi connectivity index (χ1n) is 12.1. The minimum atomic E-state index is -0.211. The molecule has 2 aromatic carbocycles. The molecule has 0 saturated carbocycles. The van der Waals surface area contributed by atoms with Gasteiger partial charge in [-0.1, -0.05) is 53.7 Å². The smallest absolute Gasteiger partial charge is 0.161 e. The van der Waals surface area contributed by atoms with Crippen molar-refractivity contribution in [3.63, 3.8) is 0 Å². The van der Waals surface area contributed by atoms with Gasteiger partial charge in [0.1, 0.15) is 13.2 Å². The van der Waals surface area contributed by atoms with Crippen LogP contribution in [0.15, 0.2) is 36.4 Å². The van der Waals surface area contributed by atoms with Gasteiger partial charge in [0, 0.05) is 0 Å². The number of aliphatic hydroxyl groups is 1. The van der Waals surface area contributed by atoms with Crippen LogP contribution in [0.3, 0.4) is 0 Å². The Balaban J connectivity index is 1.82. The zero-order valence-electron chi connectivity index (χ0n) is 21.5. The van der Waals surface area contributed by atoms with Gasteiger partial charge < -0.3 is 28.8 Å². The van der Waals surface area contributed by atoms with E-state index in [1.807, 2.05) is 24.3 Å². The lowest BCUT2D eigenvalue weighted by Gasteiger charge is -2.24. The van der Waals surface area contributed by atoms with Crippen molar-refractivity contribution in [3.8, 4) is 23.0 Å². The molecule has 1 aliphatic heterocycles. The van der Waals surface area contributed by atoms with Gasteiger partial charge >= 0.3 is 0 Å². The third kappa shape index (κ3) is 7.28. The van der Waals surface area contributed by atoms with Gasteiger partial charge in [-0.3, -0.25) is 0 Å². The van der Waals surface area contributed by atoms with E-state index in [9.17, 15) is 5.11 Å². The van der Waals surface area contributed by atoms with Crippen LogP contribution in [-0.4, -0.2) is 51.4 Å². The van der Waals surface area contributed by atoms with E-state index in [4.69, 9.17) is 23.7 Å². The van der Waals surface area contributed by atoms with Crippen molar-refractivity contribution < 1.29 is 28.8 Å². The number of fused-ring (bicyclic) bond motifs is 2. The van der Waals surface area contributed by atoms with Gasteiger partial charge in [0.2, 0.25) is 0 Å². The van der Waals surface area contributed by atoms with Gasteiger partial charge in [-0.15, -0.1) is 0 Å². The molecule has 0 saturated heterocycles. The molecule has 0 aliphatic carbocycles. The van der Waals surface area contributed by atoms with Crippen molar-refractivity contribution in [3.05, 3.63) is 47.5 Å². The highest BCUT2D eigenvalue weighted by Crippen LogP contribution is 2.35. The predicted octanol–water partition coefficient (Wildman–Crippen LogP) is 5.14. The zero-order chi connectivity index (χ0) is 24.8. The SMILES string of the molecule is CC(C)(C)c1ccc2c(c1)OCCOCCOc1ccc(C(C)(C)C)cc1OCC(CO)CO2. The fourth-order valence-electron chi connectivity index (χ4n) is 3.51. The number of aliphatic hydroxyl groups excluding tert-OH is 1. The fraction of sp³-hybridized carbons (Fsp3) is 0.571. The lowest BCUT2D eigenvalue weighted by atomic mass is 9.87. The molecule has 0 aromatic heterocycles. The maximum atomic E-state index is 9.97. The van der Waals surface area contributed by atoms with Crippen molar-refractivity contribution in [1.29, 1.82) is 0 Å². The first-order valence-corrected chi connectivity index (χ1v) is 12.1. The van der Waals surface area contributed by atoms with Crippen molar-refractivity contribution in [2.75, 3.05) is 46.2 Å². The summed E-state index contributed by atoms with van der Waals surface area (Å²) in [6, 6.07) is 12.0. The van der Waals surface area contributed by atoms with E-state index in [-0.39, 0.29) is 23.4 Å². The maximum absolute atomic E-state index is 9.97. The molecular formula is C28H40O6. The summed E-state index contributed by atoms with van der Waals surface area (Å²) in [5.74, 6) is 2.45. The largest absolute Gasteiger partial charge is 0.489 e. The van der Waals surface area contributed by atoms with Crippen LogP contribution < -0.4 is 18.9 Å². The van der Waals surface area contributed by atoms with Gasteiger partial charge in [0.25, 0.3) is 0 Å². The summed E-state index contributed by atoms with van der Waals surface area (Å²) in [5.41, 5.74) is 2.28. The molecule has 0 bridgehead atoms. The van der Waals surface area contributed by atoms with Crippen molar-refractivity contribution >= 4 is 0 Å². The number of hydrogen-bond acceptors (Lipinski definition) is 6. The summed E-state index contributed by atoms with van der Waals surface area (Å²) in [5, 5.41) is 9.97. The summed E-state index contributed by atoms with van der Waals surface area (Å²) in [4.78, 5) is 0. The van der Waals surface area contributed by atoms with Crippen LogP contribution >= 0.6 is 0 Å². The molecule has 1 atom stereocenters. The van der Waals surface area contributed by atoms with Crippen molar-refractivity contribution in [1.82, 2.24) is 0 Å². The van der Waals surface area contributed by atoms with Crippen molar-refractivity contribution in [2.24, 2.45) is 5.92 Å². The van der Waals surface area contributed by atoms with Gasteiger partial charge in [-0.05, 0) is 46.2 Å². The Bertz CT molecular complexity index is 925. The van der Waals surface area contributed by atoms with Gasteiger partial charge in [0.05, 0.1) is 39.0 Å². The van der Waals surface area contributed by atoms with E-state index >= 15 is 0 Å². The molecular weight excluding hydrogens is 432 g/mol. The standard InChI is InChI=1S/C28H40O6/c1-27(2,3)21-8-10-24-25(15-21)32-14-12-30-11-13-31-23-9-7-22(28(4,5)6)16-26(23)34-19-20(17-29)18-33-24/h7-10,15-16,20,29H,11-14,17-19H2,1-6H3. The molecule has 188 valence electrons. The molecule has 6 heteroatoms. The van der Waals surface area contributed by atoms with Gasteiger partial charge in [-0.2, -0.15) is 0 Å². The van der Waals surface area contributed by atoms with E-state index < -0.39 is 0 Å². The zero-order valence-corrected chi connectivity index (χ0v) is 21.5. The van der Waals surface area contributed by atoms with E-state index in [1.54, 1.807) is 0 Å². The number of benzene rings is 2. The Morgan fingerprint density at radius 3 is 1.59 bits per heavy atom. The highest BCUT2D eigenvalue weighted by atomic mass is 16.6. The van der Waals surface area contributed by atoms with Crippen LogP contribution in [0.25, 0.3) is 0 Å². The van der Waals surface area contributed by atoms with E-state index in [0.29, 0.717) is 62.6 Å². The molecule has 3 rings (SSSR count). The van der Waals surface area contributed by atoms with E-state index in [0.717, 1.165) is 11.1 Å². The summed E-state index contributed by atoms with van der Waals surface area (Å²) >= 11 is 0. The first-order chi connectivity index (χ1) is 16.1. The second-order valence-corrected chi connectivity index (χ2v) is 10.8. The molecule has 1 heterocycles. The topological polar surface area (TPSA) is 66.4 Å². The third-order valence-corrected chi connectivity index (χ3v) is 5.80. The molecule has 0 fully saturated rings. The average molecular weight is 473 g/mol. The molecule has 1 N–H and O–H groups in total. The van der Waals surface area contributed by atoms with Crippen LogP contribution in [0, 0.1) is 5.92 Å². The molecule has 6 nitrogen and oxygen atoms in total. The van der Waals surface area contributed by atoms with Crippen molar-refractivity contribution in [2.45, 2.75) is 52.4 Å². The minimum Gasteiger partial charge on any atom is -0.489 e. The van der Waals surface area contributed by atoms with Crippen LogP contribution in [-0.2, 0) is 15.6 Å². The quantitative estimate of drug-likeness (QED) is 0.620. The minimum absolute atomic E-state index is 0.0117. The Morgan fingerprint density at radius 2 is 1.09 bits per heavy atom. The Morgan fingerprint density at radius 1 is 0.647 bits per heavy atom. The highest BCUT2D eigenvalue weighted by molar-refractivity contribution is 5.46. The van der Waals surface area contributed by atoms with Crippen LogP contribution in [0.1, 0.15) is 52.7 Å². The molecule has 1 unspecified atom stereocenters. The second kappa shape index (κ2) is 11.3.